The highest BCUT2D eigenvalue weighted by Crippen LogP contribution is 2.36. The van der Waals surface area contributed by atoms with Crippen LogP contribution in [0.25, 0.3) is 10.6 Å². The maximum absolute atomic E-state index is 5.54. The smallest absolute Gasteiger partial charge is 0.183 e. The zero-order valence-corrected chi connectivity index (χ0v) is 20.9. The molecule has 0 unspecified atom stereocenters. The molecule has 1 aliphatic rings. The van der Waals surface area contributed by atoms with Gasteiger partial charge in [-0.1, -0.05) is 11.3 Å². The third-order valence-electron chi connectivity index (χ3n) is 6.05. The van der Waals surface area contributed by atoms with E-state index in [2.05, 4.69) is 34.2 Å². The lowest BCUT2D eigenvalue weighted by Crippen LogP contribution is -2.34. The van der Waals surface area contributed by atoms with Gasteiger partial charge in [-0.2, -0.15) is 5.10 Å². The van der Waals surface area contributed by atoms with Crippen LogP contribution >= 0.6 is 11.3 Å². The van der Waals surface area contributed by atoms with Gasteiger partial charge in [-0.3, -0.25) is 4.68 Å². The number of hydrogen-bond donors (Lipinski definition) is 1. The van der Waals surface area contributed by atoms with E-state index < -0.39 is 0 Å². The standard InChI is InChI=1S/C24H33N5O3S/c1-16-23(19-8-10-29(27-19)15-17-7-6-9-28(2)14-17)33-24(26-16)25-13-18-11-21(31-4)22(32-5)12-20(18)30-3/h8,10-12,17H,6-7,9,13-15H2,1-5H3,(H,25,26)/t17-/m1/s1. The maximum Gasteiger partial charge on any atom is 0.183 e. The molecule has 0 bridgehead atoms. The molecule has 33 heavy (non-hydrogen) atoms. The molecule has 0 radical (unpaired) electrons. The fraction of sp³-hybridized carbons (Fsp3) is 0.500. The van der Waals surface area contributed by atoms with Crippen LogP contribution in [0.3, 0.4) is 0 Å². The lowest BCUT2D eigenvalue weighted by molar-refractivity contribution is 0.191. The number of methoxy groups -OCH3 is 3. The first-order valence-electron chi connectivity index (χ1n) is 11.2. The number of hydrogen-bond acceptors (Lipinski definition) is 8. The molecule has 3 heterocycles. The average Bonchev–Trinajstić information content (AvgIpc) is 3.42. The highest BCUT2D eigenvalue weighted by molar-refractivity contribution is 7.19. The van der Waals surface area contributed by atoms with Gasteiger partial charge in [0.1, 0.15) is 11.4 Å². The number of piperidine rings is 1. The summed E-state index contributed by atoms with van der Waals surface area (Å²) in [5, 5.41) is 9.13. The maximum atomic E-state index is 5.54. The van der Waals surface area contributed by atoms with Gasteiger partial charge in [0.2, 0.25) is 0 Å². The van der Waals surface area contributed by atoms with Crippen molar-refractivity contribution in [1.82, 2.24) is 19.7 Å². The number of aromatic nitrogens is 3. The Morgan fingerprint density at radius 2 is 1.88 bits per heavy atom. The molecule has 2 aromatic heterocycles. The van der Waals surface area contributed by atoms with Crippen molar-refractivity contribution in [3.8, 4) is 27.8 Å². The van der Waals surface area contributed by atoms with Gasteiger partial charge < -0.3 is 24.4 Å². The molecule has 1 atom stereocenters. The molecule has 1 aliphatic heterocycles. The van der Waals surface area contributed by atoms with E-state index in [1.54, 1.807) is 32.7 Å². The quantitative estimate of drug-likeness (QED) is 0.499. The zero-order chi connectivity index (χ0) is 23.4. The number of likely N-dealkylation sites (tertiary alicyclic amines) is 1. The van der Waals surface area contributed by atoms with Crippen molar-refractivity contribution in [2.45, 2.75) is 32.9 Å². The Labute approximate surface area is 199 Å². The first-order valence-corrected chi connectivity index (χ1v) is 12.0. The molecule has 1 aromatic carbocycles. The summed E-state index contributed by atoms with van der Waals surface area (Å²) in [5.74, 6) is 2.70. The topological polar surface area (TPSA) is 73.7 Å². The van der Waals surface area contributed by atoms with Gasteiger partial charge in [-0.25, -0.2) is 4.98 Å². The molecule has 0 saturated carbocycles. The number of benzene rings is 1. The largest absolute Gasteiger partial charge is 0.496 e. The van der Waals surface area contributed by atoms with E-state index in [0.29, 0.717) is 24.0 Å². The molecule has 0 spiro atoms. The first-order chi connectivity index (χ1) is 16.0. The third-order valence-corrected chi connectivity index (χ3v) is 7.19. The van der Waals surface area contributed by atoms with Crippen LogP contribution in [0.4, 0.5) is 5.13 Å². The molecule has 8 nitrogen and oxygen atoms in total. The number of nitrogens with zero attached hydrogens (tertiary/aromatic N) is 4. The Kier molecular flexibility index (Phi) is 7.39. The van der Waals surface area contributed by atoms with Gasteiger partial charge >= 0.3 is 0 Å². The van der Waals surface area contributed by atoms with Crippen LogP contribution in [0.5, 0.6) is 17.2 Å². The van der Waals surface area contributed by atoms with E-state index in [-0.39, 0.29) is 0 Å². The van der Waals surface area contributed by atoms with Crippen LogP contribution in [0, 0.1) is 12.8 Å². The molecular formula is C24H33N5O3S. The van der Waals surface area contributed by atoms with Crippen LogP contribution in [-0.4, -0.2) is 61.1 Å². The van der Waals surface area contributed by atoms with Gasteiger partial charge in [0.15, 0.2) is 16.6 Å². The van der Waals surface area contributed by atoms with Gasteiger partial charge in [0, 0.05) is 37.5 Å². The number of nitrogens with one attached hydrogen (secondary N) is 1. The molecule has 0 amide bonds. The van der Waals surface area contributed by atoms with Crippen LogP contribution in [0.2, 0.25) is 0 Å². The minimum atomic E-state index is 0.555. The lowest BCUT2D eigenvalue weighted by atomic mass is 9.99. The SMILES string of the molecule is COc1cc(OC)c(OC)cc1CNc1nc(C)c(-c2ccn(C[C@@H]3CCCN(C)C3)n2)s1. The minimum Gasteiger partial charge on any atom is -0.496 e. The number of aryl methyl sites for hydroxylation is 1. The lowest BCUT2D eigenvalue weighted by Gasteiger charge is -2.29. The Hall–Kier alpha value is -2.78. The zero-order valence-electron chi connectivity index (χ0n) is 20.1. The highest BCUT2D eigenvalue weighted by Gasteiger charge is 2.19. The normalized spacial score (nSPS) is 16.6. The van der Waals surface area contributed by atoms with Gasteiger partial charge in [0.05, 0.1) is 31.9 Å². The number of ether oxygens (including phenoxy) is 3. The molecular weight excluding hydrogens is 438 g/mol. The molecule has 1 N–H and O–H groups in total. The Bertz CT molecular complexity index is 1080. The molecule has 3 aromatic rings. The molecule has 4 rings (SSSR count). The van der Waals surface area contributed by atoms with E-state index in [0.717, 1.165) is 45.8 Å². The highest BCUT2D eigenvalue weighted by atomic mass is 32.1. The van der Waals surface area contributed by atoms with Crippen LogP contribution in [0.15, 0.2) is 24.4 Å². The number of thiazole rings is 1. The van der Waals surface area contributed by atoms with Gasteiger partial charge in [-0.05, 0) is 51.4 Å². The predicted octanol–water partition coefficient (Wildman–Crippen LogP) is 4.29. The summed E-state index contributed by atoms with van der Waals surface area (Å²) in [6, 6.07) is 5.86. The second-order valence-corrected chi connectivity index (χ2v) is 9.50. The minimum absolute atomic E-state index is 0.555. The van der Waals surface area contributed by atoms with Crippen LogP contribution in [-0.2, 0) is 13.1 Å². The van der Waals surface area contributed by atoms with Crippen molar-refractivity contribution in [1.29, 1.82) is 0 Å². The Morgan fingerprint density at radius 3 is 2.61 bits per heavy atom. The van der Waals surface area contributed by atoms with Crippen molar-refractivity contribution >= 4 is 16.5 Å². The monoisotopic (exact) mass is 471 g/mol. The van der Waals surface area contributed by atoms with Crippen LogP contribution in [0.1, 0.15) is 24.1 Å². The summed E-state index contributed by atoms with van der Waals surface area (Å²) in [5.41, 5.74) is 2.92. The first kappa shape index (κ1) is 23.4. The van der Waals surface area contributed by atoms with Gasteiger partial charge in [-0.15, -0.1) is 0 Å². The average molecular weight is 472 g/mol. The number of rotatable bonds is 9. The van der Waals surface area contributed by atoms with E-state index in [4.69, 9.17) is 24.3 Å². The summed E-state index contributed by atoms with van der Waals surface area (Å²) in [6.45, 7) is 5.89. The van der Waals surface area contributed by atoms with Crippen molar-refractivity contribution < 1.29 is 14.2 Å². The van der Waals surface area contributed by atoms with Crippen LogP contribution < -0.4 is 19.5 Å². The predicted molar refractivity (Wildman–Crippen MR) is 132 cm³/mol. The molecule has 178 valence electrons. The van der Waals surface area contributed by atoms with Gasteiger partial charge in [0.25, 0.3) is 0 Å². The molecule has 0 aliphatic carbocycles. The third kappa shape index (κ3) is 5.42. The fourth-order valence-corrected chi connectivity index (χ4v) is 5.31. The summed E-state index contributed by atoms with van der Waals surface area (Å²) in [7, 11) is 7.10. The van der Waals surface area contributed by atoms with Crippen molar-refractivity contribution in [3.05, 3.63) is 35.7 Å². The summed E-state index contributed by atoms with van der Waals surface area (Å²) < 4.78 is 18.4. The molecule has 1 fully saturated rings. The second-order valence-electron chi connectivity index (χ2n) is 8.50. The Morgan fingerprint density at radius 1 is 1.12 bits per heavy atom. The van der Waals surface area contributed by atoms with E-state index in [1.165, 1.54) is 19.4 Å². The molecule has 1 saturated heterocycles. The summed E-state index contributed by atoms with van der Waals surface area (Å²) in [4.78, 5) is 8.23. The van der Waals surface area contributed by atoms with Crippen molar-refractivity contribution in [2.75, 3.05) is 46.8 Å². The van der Waals surface area contributed by atoms with Crippen molar-refractivity contribution in [3.63, 3.8) is 0 Å². The Balaban J connectivity index is 1.45. The second kappa shape index (κ2) is 10.4. The van der Waals surface area contributed by atoms with E-state index in [9.17, 15) is 0 Å². The van der Waals surface area contributed by atoms with E-state index >= 15 is 0 Å². The fourth-order valence-electron chi connectivity index (χ4n) is 4.38. The van der Waals surface area contributed by atoms with Crippen molar-refractivity contribution in [2.24, 2.45) is 5.92 Å². The summed E-state index contributed by atoms with van der Waals surface area (Å²) in [6.07, 6.45) is 4.63. The van der Waals surface area contributed by atoms with E-state index in [1.807, 2.05) is 19.1 Å². The summed E-state index contributed by atoms with van der Waals surface area (Å²) >= 11 is 1.62. The molecule has 9 heteroatoms. The number of anilines is 1.